The number of unbranched alkanes of at least 4 members (excludes halogenated alkanes) is 15. The normalized spacial score (nSPS) is 15.9. The predicted octanol–water partition coefficient (Wildman–Crippen LogP) is 8.52. The van der Waals surface area contributed by atoms with Crippen LogP contribution in [-0.4, -0.2) is 25.1 Å². The fourth-order valence-electron chi connectivity index (χ4n) is 3.72. The minimum absolute atomic E-state index is 0.0699. The molecule has 0 fully saturated rings. The molecule has 0 amide bonds. The van der Waals surface area contributed by atoms with Crippen molar-refractivity contribution in [2.24, 2.45) is 0 Å². The van der Waals surface area contributed by atoms with Crippen LogP contribution in [0.3, 0.4) is 0 Å². The fraction of sp³-hybridized carbons (Fsp3) is 0.778. The van der Waals surface area contributed by atoms with Gasteiger partial charge in [0.25, 0.3) is 0 Å². The van der Waals surface area contributed by atoms with E-state index in [1.54, 1.807) is 14.1 Å². The highest BCUT2D eigenvalue weighted by Crippen LogP contribution is 2.15. The molecule has 0 atom stereocenters. The van der Waals surface area contributed by atoms with E-state index in [9.17, 15) is 0 Å². The van der Waals surface area contributed by atoms with Crippen LogP contribution in [0.5, 0.6) is 0 Å². The highest BCUT2D eigenvalue weighted by molar-refractivity contribution is 5.13. The summed E-state index contributed by atoms with van der Waals surface area (Å²) in [5.41, 5.74) is -0.245. The van der Waals surface area contributed by atoms with Crippen molar-refractivity contribution in [1.29, 1.82) is 0 Å². The first-order chi connectivity index (χ1) is 16.5. The third-order valence-electron chi connectivity index (χ3n) is 5.49. The second-order valence-corrected chi connectivity index (χ2v) is 8.82. The van der Waals surface area contributed by atoms with Gasteiger partial charge >= 0.3 is 0 Å². The monoisotopic (exact) mass is 395 g/mol. The molecule has 1 nitrogen and oxygen atoms in total. The molecule has 0 N–H and O–H groups in total. The largest absolute Gasteiger partial charge is 0.325 e. The Morgan fingerprint density at radius 3 is 1.46 bits per heavy atom. The molecule has 0 aliphatic carbocycles. The topological polar surface area (TPSA) is 0 Å². The molecule has 0 unspecified atom stereocenters. The first kappa shape index (κ1) is 15.9. The van der Waals surface area contributed by atoms with Gasteiger partial charge in [0, 0.05) is 5.56 Å². The number of hydrogen-bond acceptors (Lipinski definition) is 0. The molecule has 0 aliphatic heterocycles. The molecule has 0 aromatic heterocycles. The third-order valence-corrected chi connectivity index (χ3v) is 5.49. The number of benzene rings is 1. The van der Waals surface area contributed by atoms with Crippen molar-refractivity contribution in [3.8, 4) is 0 Å². The van der Waals surface area contributed by atoms with Gasteiger partial charge in [-0.25, -0.2) is 0 Å². The predicted molar refractivity (Wildman–Crippen MR) is 127 cm³/mol. The van der Waals surface area contributed by atoms with E-state index in [1.807, 2.05) is 0 Å². The van der Waals surface area contributed by atoms with Crippen LogP contribution in [0, 0.1) is 0 Å². The molecule has 0 saturated heterocycles. The van der Waals surface area contributed by atoms with Gasteiger partial charge in [-0.15, -0.1) is 0 Å². The third kappa shape index (κ3) is 15.1. The van der Waals surface area contributed by atoms with E-state index in [4.69, 9.17) is 9.60 Å². The summed E-state index contributed by atoms with van der Waals surface area (Å²) >= 11 is 0. The summed E-state index contributed by atoms with van der Waals surface area (Å²) in [7, 11) is 3.48. The molecule has 28 heavy (non-hydrogen) atoms. The van der Waals surface area contributed by atoms with Crippen LogP contribution >= 0.6 is 0 Å². The molecule has 0 heterocycles. The molecule has 0 spiro atoms. The van der Waals surface area contributed by atoms with Crippen molar-refractivity contribution in [3.05, 3.63) is 35.8 Å². The summed E-state index contributed by atoms with van der Waals surface area (Å²) < 4.78 is 57.1. The molecule has 1 aromatic rings. The van der Waals surface area contributed by atoms with Crippen LogP contribution in [-0.2, 0) is 6.50 Å². The zero-order valence-electron chi connectivity index (χ0n) is 26.0. The maximum atomic E-state index is 8.68. The van der Waals surface area contributed by atoms with Crippen LogP contribution in [0.1, 0.15) is 125 Å². The van der Waals surface area contributed by atoms with Gasteiger partial charge in [-0.1, -0.05) is 127 Å². The van der Waals surface area contributed by atoms with E-state index in [1.165, 1.54) is 83.5 Å². The maximum Gasteiger partial charge on any atom is 0.104 e. The first-order valence-corrected chi connectivity index (χ1v) is 11.9. The Morgan fingerprint density at radius 1 is 0.643 bits per heavy atom. The second kappa shape index (κ2) is 17.1. The van der Waals surface area contributed by atoms with Gasteiger partial charge in [-0.3, -0.25) is 0 Å². The van der Waals surface area contributed by atoms with E-state index >= 15 is 0 Å². The van der Waals surface area contributed by atoms with E-state index in [2.05, 4.69) is 6.92 Å². The SMILES string of the molecule is [2H]c1c([2H])c([2H])c(C([2H])([2H])[N+](C)(C)CCCCCCCCCCCCCCCCCC)c([2H])c1[2H]. The lowest BCUT2D eigenvalue weighted by molar-refractivity contribution is -0.903. The van der Waals surface area contributed by atoms with Gasteiger partial charge in [0.15, 0.2) is 0 Å². The lowest BCUT2D eigenvalue weighted by Gasteiger charge is -2.30. The molecule has 1 rings (SSSR count). The average molecular weight is 396 g/mol. The number of nitrogens with zero attached hydrogens (tertiary/aromatic N) is 1. The Morgan fingerprint density at radius 2 is 1.04 bits per heavy atom. The molecule has 1 heteroatoms. The van der Waals surface area contributed by atoms with Crippen molar-refractivity contribution in [3.63, 3.8) is 0 Å². The molecular formula is C27H50N+. The minimum atomic E-state index is -2.08. The lowest BCUT2D eigenvalue weighted by atomic mass is 10.0. The molecule has 162 valence electrons. The standard InChI is InChI=1S/C27H50N/c1-4-5-6-7-8-9-10-11-12-13-14-15-16-17-18-22-25-28(2,3)26-27-23-20-19-21-24-27/h19-21,23-24H,4-18,22,25-26H2,1-3H3/q+1/i19D,20D,21D,23D,24D,26D2. The van der Waals surface area contributed by atoms with Gasteiger partial charge < -0.3 is 4.48 Å². The second-order valence-electron chi connectivity index (χ2n) is 8.82. The quantitative estimate of drug-likeness (QED) is 0.163. The molecule has 1 aromatic carbocycles. The Kier molecular flexibility index (Phi) is 9.72. The van der Waals surface area contributed by atoms with Gasteiger partial charge in [-0.05, 0) is 12.8 Å². The zero-order chi connectivity index (χ0) is 26.5. The van der Waals surface area contributed by atoms with Crippen molar-refractivity contribution >= 4 is 0 Å². The van der Waals surface area contributed by atoms with E-state index in [0.717, 1.165) is 19.3 Å². The van der Waals surface area contributed by atoms with Crippen LogP contribution in [0.25, 0.3) is 0 Å². The maximum absolute atomic E-state index is 8.68. The average Bonchev–Trinajstić information content (AvgIpc) is 2.81. The number of quaternary nitrogens is 1. The summed E-state index contributed by atoms with van der Waals surface area (Å²) in [4.78, 5) is 0. The molecule has 0 radical (unpaired) electrons. The molecule has 0 saturated carbocycles. The van der Waals surface area contributed by atoms with Crippen molar-refractivity contribution in [2.45, 2.75) is 116 Å². The van der Waals surface area contributed by atoms with Gasteiger partial charge in [0.05, 0.1) is 30.2 Å². The smallest absolute Gasteiger partial charge is 0.104 e. The highest BCUT2D eigenvalue weighted by Gasteiger charge is 2.14. The highest BCUT2D eigenvalue weighted by atomic mass is 15.3. The van der Waals surface area contributed by atoms with E-state index < -0.39 is 36.7 Å². The van der Waals surface area contributed by atoms with Crippen LogP contribution in [0.2, 0.25) is 0 Å². The Labute approximate surface area is 187 Å². The molecular weight excluding hydrogens is 338 g/mol. The van der Waals surface area contributed by atoms with Crippen molar-refractivity contribution in [1.82, 2.24) is 0 Å². The summed E-state index contributed by atoms with van der Waals surface area (Å²) in [5, 5.41) is 0. The van der Waals surface area contributed by atoms with Crippen LogP contribution < -0.4 is 0 Å². The first-order valence-electron chi connectivity index (χ1n) is 15.4. The lowest BCUT2D eigenvalue weighted by Crippen LogP contribution is -2.39. The summed E-state index contributed by atoms with van der Waals surface area (Å²) in [6.45, 7) is 0.731. The number of rotatable bonds is 19. The summed E-state index contributed by atoms with van der Waals surface area (Å²) in [6.07, 6.45) is 20.5. The zero-order valence-corrected chi connectivity index (χ0v) is 19.0. The Hall–Kier alpha value is -0.820. The van der Waals surface area contributed by atoms with Gasteiger partial charge in [-0.2, -0.15) is 0 Å². The molecule has 0 bridgehead atoms. The number of hydrogen-bond donors (Lipinski definition) is 0. The van der Waals surface area contributed by atoms with Gasteiger partial charge in [0.1, 0.15) is 6.50 Å². The fourth-order valence-corrected chi connectivity index (χ4v) is 3.72. The summed E-state index contributed by atoms with van der Waals surface area (Å²) in [6, 6.07) is -2.33. The van der Waals surface area contributed by atoms with Crippen LogP contribution in [0.4, 0.5) is 0 Å². The Bertz CT molecular complexity index is 721. The van der Waals surface area contributed by atoms with Crippen molar-refractivity contribution < 1.29 is 14.1 Å². The molecule has 0 aliphatic rings. The summed E-state index contributed by atoms with van der Waals surface area (Å²) in [5.74, 6) is 0. The van der Waals surface area contributed by atoms with Crippen LogP contribution in [0.15, 0.2) is 30.2 Å². The Balaban J connectivity index is 2.27. The van der Waals surface area contributed by atoms with Crippen molar-refractivity contribution in [2.75, 3.05) is 20.6 Å². The minimum Gasteiger partial charge on any atom is -0.325 e. The van der Waals surface area contributed by atoms with E-state index in [0.29, 0.717) is 6.54 Å². The van der Waals surface area contributed by atoms with E-state index in [-0.39, 0.29) is 10.0 Å². The van der Waals surface area contributed by atoms with Gasteiger partial charge in [0.2, 0.25) is 0 Å².